The highest BCUT2D eigenvalue weighted by Crippen LogP contribution is 2.29. The third-order valence-electron chi connectivity index (χ3n) is 4.10. The molecule has 132 valence electrons. The molecule has 0 aliphatic heterocycles. The SMILES string of the molecule is CCSC1CCC(NC(=NC)NCC(C)Cc2cccs2)C1.I. The van der Waals surface area contributed by atoms with E-state index in [2.05, 4.69) is 58.7 Å². The zero-order valence-corrected chi connectivity index (χ0v) is 18.3. The van der Waals surface area contributed by atoms with Gasteiger partial charge in [-0.2, -0.15) is 11.8 Å². The average Bonchev–Trinajstić information content (AvgIpc) is 3.16. The topological polar surface area (TPSA) is 36.4 Å². The minimum Gasteiger partial charge on any atom is -0.356 e. The van der Waals surface area contributed by atoms with E-state index in [0.29, 0.717) is 12.0 Å². The average molecular weight is 467 g/mol. The summed E-state index contributed by atoms with van der Waals surface area (Å²) >= 11 is 3.94. The van der Waals surface area contributed by atoms with E-state index in [1.54, 1.807) is 0 Å². The van der Waals surface area contributed by atoms with Gasteiger partial charge in [0.05, 0.1) is 0 Å². The molecule has 0 radical (unpaired) electrons. The molecule has 2 N–H and O–H groups in total. The van der Waals surface area contributed by atoms with Crippen LogP contribution >= 0.6 is 47.1 Å². The standard InChI is InChI=1S/C17H29N3S2.HI/c1-4-21-16-8-7-14(11-16)20-17(18-3)19-12-13(2)10-15-6-5-9-22-15;/h5-6,9,13-14,16H,4,7-8,10-12H2,1-3H3,(H2,18,19,20);1H. The summed E-state index contributed by atoms with van der Waals surface area (Å²) in [5, 5.41) is 10.1. The highest BCUT2D eigenvalue weighted by Gasteiger charge is 2.25. The van der Waals surface area contributed by atoms with Gasteiger partial charge in [0.2, 0.25) is 0 Å². The van der Waals surface area contributed by atoms with Crippen molar-refractivity contribution >= 4 is 53.0 Å². The maximum atomic E-state index is 4.38. The van der Waals surface area contributed by atoms with Crippen LogP contribution in [0.2, 0.25) is 0 Å². The Balaban J connectivity index is 0.00000264. The monoisotopic (exact) mass is 467 g/mol. The molecule has 1 aromatic heterocycles. The van der Waals surface area contributed by atoms with Crippen molar-refractivity contribution in [3.63, 3.8) is 0 Å². The van der Waals surface area contributed by atoms with Gasteiger partial charge in [0, 0.05) is 29.8 Å². The predicted octanol–water partition coefficient (Wildman–Crippen LogP) is 4.38. The second kappa shape index (κ2) is 11.6. The van der Waals surface area contributed by atoms with Crippen LogP contribution in [0.5, 0.6) is 0 Å². The molecule has 3 unspecified atom stereocenters. The van der Waals surface area contributed by atoms with Crippen LogP contribution < -0.4 is 10.6 Å². The van der Waals surface area contributed by atoms with E-state index in [1.165, 1.54) is 29.9 Å². The Morgan fingerprint density at radius 1 is 1.48 bits per heavy atom. The van der Waals surface area contributed by atoms with E-state index < -0.39 is 0 Å². The maximum Gasteiger partial charge on any atom is 0.191 e. The number of hydrogen-bond donors (Lipinski definition) is 2. The Bertz CT molecular complexity index is 451. The Kier molecular flexibility index (Phi) is 10.6. The summed E-state index contributed by atoms with van der Waals surface area (Å²) in [5.74, 6) is 2.80. The van der Waals surface area contributed by atoms with Crippen molar-refractivity contribution in [2.45, 2.75) is 50.8 Å². The summed E-state index contributed by atoms with van der Waals surface area (Å²) < 4.78 is 0. The van der Waals surface area contributed by atoms with Crippen LogP contribution in [0.15, 0.2) is 22.5 Å². The van der Waals surface area contributed by atoms with Gasteiger partial charge in [-0.3, -0.25) is 4.99 Å². The second-order valence-electron chi connectivity index (χ2n) is 6.07. The Labute approximate surface area is 166 Å². The predicted molar refractivity (Wildman–Crippen MR) is 117 cm³/mol. The molecular weight excluding hydrogens is 437 g/mol. The van der Waals surface area contributed by atoms with Gasteiger partial charge in [0.1, 0.15) is 0 Å². The minimum atomic E-state index is 0. The van der Waals surface area contributed by atoms with E-state index >= 15 is 0 Å². The van der Waals surface area contributed by atoms with Crippen LogP contribution in [0.1, 0.15) is 38.0 Å². The molecule has 1 heterocycles. The van der Waals surface area contributed by atoms with Crippen molar-refractivity contribution in [2.75, 3.05) is 19.3 Å². The number of nitrogens with one attached hydrogen (secondary N) is 2. The van der Waals surface area contributed by atoms with Crippen LogP contribution in [0, 0.1) is 5.92 Å². The number of aliphatic imine (C=N–C) groups is 1. The molecule has 3 nitrogen and oxygen atoms in total. The van der Waals surface area contributed by atoms with Gasteiger partial charge in [-0.25, -0.2) is 0 Å². The number of rotatable bonds is 7. The van der Waals surface area contributed by atoms with Crippen molar-refractivity contribution in [2.24, 2.45) is 10.9 Å². The molecule has 1 saturated carbocycles. The van der Waals surface area contributed by atoms with E-state index in [9.17, 15) is 0 Å². The number of hydrogen-bond acceptors (Lipinski definition) is 3. The normalized spacial score (nSPS) is 22.5. The number of guanidine groups is 1. The van der Waals surface area contributed by atoms with Gasteiger partial charge in [-0.05, 0) is 48.8 Å². The molecule has 0 spiro atoms. The molecule has 1 aliphatic rings. The molecule has 1 aromatic rings. The first-order valence-electron chi connectivity index (χ1n) is 8.32. The van der Waals surface area contributed by atoms with Crippen LogP contribution in [0.3, 0.4) is 0 Å². The first-order valence-corrected chi connectivity index (χ1v) is 10.2. The Morgan fingerprint density at radius 3 is 2.96 bits per heavy atom. The molecule has 1 fully saturated rings. The summed E-state index contributed by atoms with van der Waals surface area (Å²) in [6, 6.07) is 4.94. The molecule has 2 rings (SSSR count). The Morgan fingerprint density at radius 2 is 2.30 bits per heavy atom. The zero-order valence-electron chi connectivity index (χ0n) is 14.4. The molecule has 6 heteroatoms. The van der Waals surface area contributed by atoms with E-state index in [-0.39, 0.29) is 24.0 Å². The van der Waals surface area contributed by atoms with Gasteiger partial charge in [-0.15, -0.1) is 35.3 Å². The lowest BCUT2D eigenvalue weighted by Gasteiger charge is -2.19. The van der Waals surface area contributed by atoms with Gasteiger partial charge < -0.3 is 10.6 Å². The summed E-state index contributed by atoms with van der Waals surface area (Å²) in [6.07, 6.45) is 5.01. The quantitative estimate of drug-likeness (QED) is 0.355. The van der Waals surface area contributed by atoms with Gasteiger partial charge in [0.25, 0.3) is 0 Å². The van der Waals surface area contributed by atoms with Crippen molar-refractivity contribution in [3.8, 4) is 0 Å². The highest BCUT2D eigenvalue weighted by atomic mass is 127. The fourth-order valence-electron chi connectivity index (χ4n) is 2.96. The molecule has 0 saturated heterocycles. The largest absolute Gasteiger partial charge is 0.356 e. The van der Waals surface area contributed by atoms with Crippen molar-refractivity contribution in [1.82, 2.24) is 10.6 Å². The molecule has 0 aromatic carbocycles. The minimum absolute atomic E-state index is 0. The molecular formula is C17H30IN3S2. The number of nitrogens with zero attached hydrogens (tertiary/aromatic N) is 1. The number of halogens is 1. The van der Waals surface area contributed by atoms with E-state index in [4.69, 9.17) is 0 Å². The number of thiophene rings is 1. The van der Waals surface area contributed by atoms with Gasteiger partial charge >= 0.3 is 0 Å². The zero-order chi connectivity index (χ0) is 15.8. The maximum absolute atomic E-state index is 4.38. The summed E-state index contributed by atoms with van der Waals surface area (Å²) in [7, 11) is 1.87. The Hall–Kier alpha value is 0.0500. The summed E-state index contributed by atoms with van der Waals surface area (Å²) in [5.41, 5.74) is 0. The van der Waals surface area contributed by atoms with Crippen LogP contribution in [0.4, 0.5) is 0 Å². The lowest BCUT2D eigenvalue weighted by molar-refractivity contribution is 0.549. The van der Waals surface area contributed by atoms with Crippen LogP contribution in [0.25, 0.3) is 0 Å². The fraction of sp³-hybridized carbons (Fsp3) is 0.706. The van der Waals surface area contributed by atoms with Crippen molar-refractivity contribution in [1.29, 1.82) is 0 Å². The molecule has 23 heavy (non-hydrogen) atoms. The summed E-state index contributed by atoms with van der Waals surface area (Å²) in [4.78, 5) is 5.85. The second-order valence-corrected chi connectivity index (χ2v) is 8.68. The molecule has 0 bridgehead atoms. The lowest BCUT2D eigenvalue weighted by Crippen LogP contribution is -2.44. The highest BCUT2D eigenvalue weighted by molar-refractivity contribution is 14.0. The third kappa shape index (κ3) is 7.65. The lowest BCUT2D eigenvalue weighted by atomic mass is 10.1. The van der Waals surface area contributed by atoms with Crippen molar-refractivity contribution in [3.05, 3.63) is 22.4 Å². The van der Waals surface area contributed by atoms with E-state index in [1.807, 2.05) is 18.4 Å². The molecule has 0 amide bonds. The van der Waals surface area contributed by atoms with Crippen molar-refractivity contribution < 1.29 is 0 Å². The third-order valence-corrected chi connectivity index (χ3v) is 6.23. The fourth-order valence-corrected chi connectivity index (χ4v) is 4.97. The van der Waals surface area contributed by atoms with Gasteiger partial charge in [-0.1, -0.05) is 19.9 Å². The smallest absolute Gasteiger partial charge is 0.191 e. The van der Waals surface area contributed by atoms with Crippen LogP contribution in [-0.4, -0.2) is 36.6 Å². The summed E-state index contributed by atoms with van der Waals surface area (Å²) in [6.45, 7) is 5.52. The van der Waals surface area contributed by atoms with Crippen LogP contribution in [-0.2, 0) is 6.42 Å². The molecule has 3 atom stereocenters. The first-order chi connectivity index (χ1) is 10.7. The molecule has 1 aliphatic carbocycles. The van der Waals surface area contributed by atoms with Gasteiger partial charge in [0.15, 0.2) is 5.96 Å². The van der Waals surface area contributed by atoms with E-state index in [0.717, 1.165) is 24.2 Å². The first kappa shape index (κ1) is 21.1. The number of thioether (sulfide) groups is 1.